The fourth-order valence-corrected chi connectivity index (χ4v) is 3.00. The summed E-state index contributed by atoms with van der Waals surface area (Å²) in [6, 6.07) is 4.97. The molecule has 0 amide bonds. The van der Waals surface area contributed by atoms with Crippen LogP contribution >= 0.6 is 0 Å². The molecule has 0 spiro atoms. The van der Waals surface area contributed by atoms with Gasteiger partial charge < -0.3 is 16.3 Å². The number of benzene rings is 1. The van der Waals surface area contributed by atoms with Gasteiger partial charge in [0.05, 0.1) is 5.56 Å². The second kappa shape index (κ2) is 5.05. The molecule has 20 heavy (non-hydrogen) atoms. The van der Waals surface area contributed by atoms with Gasteiger partial charge in [0, 0.05) is 18.7 Å². The van der Waals surface area contributed by atoms with Crippen LogP contribution < -0.4 is 11.1 Å². The van der Waals surface area contributed by atoms with Crippen molar-refractivity contribution in [1.82, 2.24) is 5.32 Å². The summed E-state index contributed by atoms with van der Waals surface area (Å²) in [5.74, 6) is 0.288. The zero-order valence-corrected chi connectivity index (χ0v) is 11.4. The third-order valence-corrected chi connectivity index (χ3v) is 4.59. The first-order valence-electron chi connectivity index (χ1n) is 7.12. The van der Waals surface area contributed by atoms with E-state index in [1.807, 2.05) is 0 Å². The van der Waals surface area contributed by atoms with Gasteiger partial charge >= 0.3 is 0 Å². The molecule has 2 aliphatic carbocycles. The van der Waals surface area contributed by atoms with E-state index in [-0.39, 0.29) is 11.4 Å². The lowest BCUT2D eigenvalue weighted by atomic mass is 10.0. The quantitative estimate of drug-likeness (QED) is 0.323. The summed E-state index contributed by atoms with van der Waals surface area (Å²) in [5, 5.41) is 14.9. The topological polar surface area (TPSA) is 70.6 Å². The molecule has 0 unspecified atom stereocenters. The van der Waals surface area contributed by atoms with Gasteiger partial charge in [0.15, 0.2) is 5.84 Å². The number of halogens is 1. The summed E-state index contributed by atoms with van der Waals surface area (Å²) in [6.07, 6.45) is 5.32. The van der Waals surface area contributed by atoms with Crippen molar-refractivity contribution in [3.05, 3.63) is 35.1 Å². The molecule has 5 heteroatoms. The Kier molecular flexibility index (Phi) is 3.38. The summed E-state index contributed by atoms with van der Waals surface area (Å²) >= 11 is 0. The fraction of sp³-hybridized carbons (Fsp3) is 0.533. The van der Waals surface area contributed by atoms with Crippen molar-refractivity contribution in [3.63, 3.8) is 0 Å². The molecule has 1 aromatic carbocycles. The molecular weight excluding hydrogens is 257 g/mol. The number of amidine groups is 1. The van der Waals surface area contributed by atoms with Crippen molar-refractivity contribution in [1.29, 1.82) is 0 Å². The monoisotopic (exact) mass is 277 g/mol. The van der Waals surface area contributed by atoms with Gasteiger partial charge in [-0.2, -0.15) is 0 Å². The number of hydrogen-bond donors (Lipinski definition) is 3. The van der Waals surface area contributed by atoms with E-state index in [1.54, 1.807) is 12.1 Å². The maximum atomic E-state index is 14.2. The van der Waals surface area contributed by atoms with Crippen LogP contribution in [0.25, 0.3) is 0 Å². The molecule has 0 radical (unpaired) electrons. The van der Waals surface area contributed by atoms with Crippen LogP contribution in [0.2, 0.25) is 0 Å². The van der Waals surface area contributed by atoms with Crippen molar-refractivity contribution >= 4 is 5.84 Å². The van der Waals surface area contributed by atoms with E-state index in [0.29, 0.717) is 17.5 Å². The molecule has 2 fully saturated rings. The highest BCUT2D eigenvalue weighted by molar-refractivity contribution is 5.97. The number of nitrogens with zero attached hydrogens (tertiary/aromatic N) is 1. The van der Waals surface area contributed by atoms with Gasteiger partial charge in [-0.15, -0.1) is 0 Å². The van der Waals surface area contributed by atoms with Crippen LogP contribution in [-0.4, -0.2) is 17.6 Å². The van der Waals surface area contributed by atoms with Crippen molar-refractivity contribution in [2.24, 2.45) is 22.2 Å². The van der Waals surface area contributed by atoms with Crippen molar-refractivity contribution < 1.29 is 9.60 Å². The Hall–Kier alpha value is -1.62. The van der Waals surface area contributed by atoms with Gasteiger partial charge in [-0.05, 0) is 43.1 Å². The minimum atomic E-state index is -0.411. The third-order valence-electron chi connectivity index (χ3n) is 4.59. The number of nitrogens with two attached hydrogens (primary N) is 1. The molecule has 0 saturated heterocycles. The van der Waals surface area contributed by atoms with Crippen LogP contribution in [0.15, 0.2) is 23.4 Å². The van der Waals surface area contributed by atoms with E-state index in [4.69, 9.17) is 10.9 Å². The first-order chi connectivity index (χ1) is 9.66. The Morgan fingerprint density at radius 1 is 1.45 bits per heavy atom. The van der Waals surface area contributed by atoms with Crippen molar-refractivity contribution in [3.8, 4) is 0 Å². The number of hydrogen-bond acceptors (Lipinski definition) is 3. The average Bonchev–Trinajstić information content (AvgIpc) is 3.32. The van der Waals surface area contributed by atoms with Gasteiger partial charge in [-0.25, -0.2) is 4.39 Å². The smallest absolute Gasteiger partial charge is 0.173 e. The molecule has 0 bridgehead atoms. The summed E-state index contributed by atoms with van der Waals surface area (Å²) < 4.78 is 14.2. The van der Waals surface area contributed by atoms with E-state index in [9.17, 15) is 4.39 Å². The number of nitrogens with one attached hydrogen (secondary N) is 1. The summed E-state index contributed by atoms with van der Waals surface area (Å²) in [7, 11) is 0. The molecule has 2 saturated carbocycles. The van der Waals surface area contributed by atoms with Crippen LogP contribution in [0.5, 0.6) is 0 Å². The molecule has 0 aromatic heterocycles. The fourth-order valence-electron chi connectivity index (χ4n) is 3.00. The zero-order chi connectivity index (χ0) is 14.2. The Labute approximate surface area is 117 Å². The maximum Gasteiger partial charge on any atom is 0.173 e. The summed E-state index contributed by atoms with van der Waals surface area (Å²) in [6.45, 7) is 1.44. The lowest BCUT2D eigenvalue weighted by Crippen LogP contribution is -2.26. The predicted molar refractivity (Wildman–Crippen MR) is 75.0 cm³/mol. The van der Waals surface area contributed by atoms with E-state index in [2.05, 4.69) is 10.5 Å². The predicted octanol–water partition coefficient (Wildman–Crippen LogP) is 2.20. The van der Waals surface area contributed by atoms with Gasteiger partial charge in [-0.3, -0.25) is 0 Å². The van der Waals surface area contributed by atoms with E-state index in [1.165, 1.54) is 31.7 Å². The van der Waals surface area contributed by atoms with Gasteiger partial charge in [-0.1, -0.05) is 17.3 Å². The van der Waals surface area contributed by atoms with Gasteiger partial charge in [0.25, 0.3) is 0 Å². The zero-order valence-electron chi connectivity index (χ0n) is 11.4. The average molecular weight is 277 g/mol. The van der Waals surface area contributed by atoms with E-state index in [0.717, 1.165) is 12.5 Å². The highest BCUT2D eigenvalue weighted by Crippen LogP contribution is 2.60. The molecule has 2 aliphatic rings. The van der Waals surface area contributed by atoms with Crippen LogP contribution in [0, 0.1) is 17.2 Å². The molecule has 0 heterocycles. The van der Waals surface area contributed by atoms with Gasteiger partial charge in [0.1, 0.15) is 5.82 Å². The minimum Gasteiger partial charge on any atom is -0.409 e. The van der Waals surface area contributed by atoms with Crippen LogP contribution in [0.3, 0.4) is 0 Å². The van der Waals surface area contributed by atoms with Crippen molar-refractivity contribution in [2.75, 3.05) is 6.54 Å². The first-order valence-corrected chi connectivity index (χ1v) is 7.12. The van der Waals surface area contributed by atoms with E-state index >= 15 is 0 Å². The molecule has 108 valence electrons. The molecule has 1 aromatic rings. The molecule has 4 nitrogen and oxygen atoms in total. The minimum absolute atomic E-state index is 0.148. The maximum absolute atomic E-state index is 14.2. The molecule has 4 N–H and O–H groups in total. The highest BCUT2D eigenvalue weighted by atomic mass is 19.1. The largest absolute Gasteiger partial charge is 0.409 e. The molecule has 0 atom stereocenters. The number of rotatable bonds is 6. The SMILES string of the molecule is N/C(=N/O)c1cccc(CNCC2(C3CC3)CC2)c1F. The lowest BCUT2D eigenvalue weighted by molar-refractivity contribution is 0.318. The van der Waals surface area contributed by atoms with E-state index < -0.39 is 5.82 Å². The molecular formula is C15H20FN3O. The lowest BCUT2D eigenvalue weighted by Gasteiger charge is -2.15. The normalized spacial score (nSPS) is 20.9. The summed E-state index contributed by atoms with van der Waals surface area (Å²) in [4.78, 5) is 0. The van der Waals surface area contributed by atoms with Gasteiger partial charge in [0.2, 0.25) is 0 Å². The summed E-state index contributed by atoms with van der Waals surface area (Å²) in [5.41, 5.74) is 6.66. The Balaban J connectivity index is 1.62. The number of oxime groups is 1. The highest BCUT2D eigenvalue weighted by Gasteiger charge is 2.53. The van der Waals surface area contributed by atoms with Crippen LogP contribution in [-0.2, 0) is 6.54 Å². The van der Waals surface area contributed by atoms with Crippen LogP contribution in [0.4, 0.5) is 4.39 Å². The Bertz CT molecular complexity index is 536. The Morgan fingerprint density at radius 2 is 2.20 bits per heavy atom. The second-order valence-electron chi connectivity index (χ2n) is 6.00. The Morgan fingerprint density at radius 3 is 2.80 bits per heavy atom. The third kappa shape index (κ3) is 2.50. The second-order valence-corrected chi connectivity index (χ2v) is 6.00. The van der Waals surface area contributed by atoms with Crippen molar-refractivity contribution in [2.45, 2.75) is 32.2 Å². The standard InChI is InChI=1S/C15H20FN3O/c16-13-10(2-1-3-12(13)14(17)19-20)8-18-9-15(6-7-15)11-4-5-11/h1-3,11,18,20H,4-9H2,(H2,17,19). The molecule has 3 rings (SSSR count). The van der Waals surface area contributed by atoms with Crippen LogP contribution in [0.1, 0.15) is 36.8 Å². The molecule has 0 aliphatic heterocycles. The first kappa shape index (κ1) is 13.4.